The quantitative estimate of drug-likeness (QED) is 0.563. The smallest absolute Gasteiger partial charge is 0.335 e. The number of aromatic hydroxyl groups is 1. The topological polar surface area (TPSA) is 86.7 Å². The summed E-state index contributed by atoms with van der Waals surface area (Å²) in [5.41, 5.74) is 2.80. The summed E-state index contributed by atoms with van der Waals surface area (Å²) in [7, 11) is 0. The summed E-state index contributed by atoms with van der Waals surface area (Å²) in [6, 6.07) is 7.69. The molecular weight excluding hydrogens is 412 g/mol. The Morgan fingerprint density at radius 3 is 2.22 bits per heavy atom. The molecule has 0 saturated carbocycles. The van der Waals surface area contributed by atoms with E-state index in [0.717, 1.165) is 9.37 Å². The molecule has 0 bridgehead atoms. The highest BCUT2D eigenvalue weighted by atomic mass is 79.9. The lowest BCUT2D eigenvalue weighted by atomic mass is 10.0. The fraction of sp³-hybridized carbons (Fsp3) is 0.150. The Labute approximate surface area is 164 Å². The number of phenolic OH excluding ortho intramolecular Hbond substituents is 1. The minimum Gasteiger partial charge on any atom is -0.507 e. The summed E-state index contributed by atoms with van der Waals surface area (Å²) in [6.07, 6.45) is 1.42. The number of amides is 4. The van der Waals surface area contributed by atoms with Crippen LogP contribution >= 0.6 is 15.9 Å². The fourth-order valence-electron chi connectivity index (χ4n) is 2.99. The van der Waals surface area contributed by atoms with Crippen LogP contribution in [-0.2, 0) is 9.59 Å². The van der Waals surface area contributed by atoms with Gasteiger partial charge in [-0.1, -0.05) is 15.9 Å². The number of phenols is 1. The van der Waals surface area contributed by atoms with Crippen molar-refractivity contribution in [3.63, 3.8) is 0 Å². The fourth-order valence-corrected chi connectivity index (χ4v) is 3.46. The van der Waals surface area contributed by atoms with Crippen molar-refractivity contribution in [2.45, 2.75) is 20.8 Å². The molecule has 3 rings (SSSR count). The molecule has 2 aromatic rings. The van der Waals surface area contributed by atoms with Gasteiger partial charge in [0.05, 0.1) is 5.69 Å². The van der Waals surface area contributed by atoms with Crippen molar-refractivity contribution in [1.82, 2.24) is 5.32 Å². The highest BCUT2D eigenvalue weighted by molar-refractivity contribution is 9.10. The van der Waals surface area contributed by atoms with Crippen LogP contribution in [0.4, 0.5) is 10.5 Å². The Morgan fingerprint density at radius 2 is 1.63 bits per heavy atom. The lowest BCUT2D eigenvalue weighted by Crippen LogP contribution is -2.54. The van der Waals surface area contributed by atoms with E-state index in [4.69, 9.17) is 0 Å². The van der Waals surface area contributed by atoms with Gasteiger partial charge in [-0.15, -0.1) is 0 Å². The average Bonchev–Trinajstić information content (AvgIpc) is 2.58. The van der Waals surface area contributed by atoms with Crippen molar-refractivity contribution in [2.24, 2.45) is 0 Å². The third kappa shape index (κ3) is 3.50. The molecule has 0 unspecified atom stereocenters. The van der Waals surface area contributed by atoms with Crippen LogP contribution in [0.15, 0.2) is 40.4 Å². The number of hydrogen-bond acceptors (Lipinski definition) is 4. The van der Waals surface area contributed by atoms with Crippen molar-refractivity contribution in [3.05, 3.63) is 62.6 Å². The van der Waals surface area contributed by atoms with Crippen molar-refractivity contribution in [1.29, 1.82) is 0 Å². The van der Waals surface area contributed by atoms with Gasteiger partial charge in [0.2, 0.25) is 0 Å². The van der Waals surface area contributed by atoms with Crippen LogP contribution in [0.3, 0.4) is 0 Å². The Hall–Kier alpha value is -2.93. The Balaban J connectivity index is 2.07. The number of anilines is 1. The van der Waals surface area contributed by atoms with Gasteiger partial charge in [0, 0.05) is 4.47 Å². The molecule has 1 fully saturated rings. The molecule has 2 N–H and O–H groups in total. The van der Waals surface area contributed by atoms with Crippen molar-refractivity contribution >= 4 is 45.5 Å². The van der Waals surface area contributed by atoms with Gasteiger partial charge in [-0.2, -0.15) is 0 Å². The van der Waals surface area contributed by atoms with Gasteiger partial charge in [-0.25, -0.2) is 9.69 Å². The molecular formula is C20H17BrN2O4. The van der Waals surface area contributed by atoms with Crippen LogP contribution in [-0.4, -0.2) is 23.0 Å². The van der Waals surface area contributed by atoms with Crippen molar-refractivity contribution < 1.29 is 19.5 Å². The van der Waals surface area contributed by atoms with E-state index in [1.165, 1.54) is 6.08 Å². The number of carbonyl (C=O) groups is 3. The maximum Gasteiger partial charge on any atom is 0.335 e. The number of aryl methyl sites for hydroxylation is 3. The van der Waals surface area contributed by atoms with Gasteiger partial charge in [0.1, 0.15) is 11.3 Å². The van der Waals surface area contributed by atoms with E-state index in [1.807, 2.05) is 0 Å². The molecule has 4 amide bonds. The van der Waals surface area contributed by atoms with E-state index in [2.05, 4.69) is 21.2 Å². The monoisotopic (exact) mass is 428 g/mol. The summed E-state index contributed by atoms with van der Waals surface area (Å²) in [4.78, 5) is 38.5. The van der Waals surface area contributed by atoms with Crippen LogP contribution in [0.5, 0.6) is 5.75 Å². The zero-order valence-electron chi connectivity index (χ0n) is 15.0. The second kappa shape index (κ2) is 7.00. The number of urea groups is 1. The highest BCUT2D eigenvalue weighted by Gasteiger charge is 2.37. The molecule has 1 saturated heterocycles. The zero-order valence-corrected chi connectivity index (χ0v) is 16.5. The SMILES string of the molecule is Cc1cc(Br)ccc1N1C(=O)NC(=O)C(=Cc2cc(C)c(O)c(C)c2)C1=O. The predicted molar refractivity (Wildman–Crippen MR) is 105 cm³/mol. The molecule has 1 heterocycles. The van der Waals surface area contributed by atoms with E-state index in [9.17, 15) is 19.5 Å². The Kier molecular flexibility index (Phi) is 4.89. The number of halogens is 1. The molecule has 0 atom stereocenters. The van der Waals surface area contributed by atoms with Crippen LogP contribution < -0.4 is 10.2 Å². The number of nitrogens with zero attached hydrogens (tertiary/aromatic N) is 1. The van der Waals surface area contributed by atoms with Crippen LogP contribution in [0.25, 0.3) is 6.08 Å². The van der Waals surface area contributed by atoms with E-state index in [1.54, 1.807) is 51.1 Å². The molecule has 7 heteroatoms. The predicted octanol–water partition coefficient (Wildman–Crippen LogP) is 3.75. The van der Waals surface area contributed by atoms with Crippen LogP contribution in [0, 0.1) is 20.8 Å². The summed E-state index contributed by atoms with van der Waals surface area (Å²) >= 11 is 3.35. The first-order valence-corrected chi connectivity index (χ1v) is 8.96. The molecule has 0 radical (unpaired) electrons. The minimum atomic E-state index is -0.786. The molecule has 1 aliphatic rings. The number of barbiturate groups is 1. The zero-order chi connectivity index (χ0) is 19.9. The van der Waals surface area contributed by atoms with Gasteiger partial charge in [-0.3, -0.25) is 14.9 Å². The van der Waals surface area contributed by atoms with Gasteiger partial charge >= 0.3 is 6.03 Å². The minimum absolute atomic E-state index is 0.151. The van der Waals surface area contributed by atoms with Crippen LogP contribution in [0.1, 0.15) is 22.3 Å². The summed E-state index contributed by atoms with van der Waals surface area (Å²) in [6.45, 7) is 5.23. The number of rotatable bonds is 2. The first-order chi connectivity index (χ1) is 12.7. The summed E-state index contributed by atoms with van der Waals surface area (Å²) in [5, 5.41) is 12.1. The third-order valence-corrected chi connectivity index (χ3v) is 4.82. The second-order valence-electron chi connectivity index (χ2n) is 6.39. The maximum absolute atomic E-state index is 12.9. The van der Waals surface area contributed by atoms with E-state index >= 15 is 0 Å². The third-order valence-electron chi connectivity index (χ3n) is 4.33. The van der Waals surface area contributed by atoms with Crippen molar-refractivity contribution in [2.75, 3.05) is 4.90 Å². The summed E-state index contributed by atoms with van der Waals surface area (Å²) < 4.78 is 0.815. The van der Waals surface area contributed by atoms with E-state index in [-0.39, 0.29) is 11.3 Å². The maximum atomic E-state index is 12.9. The number of nitrogens with one attached hydrogen (secondary N) is 1. The second-order valence-corrected chi connectivity index (χ2v) is 7.31. The first-order valence-electron chi connectivity index (χ1n) is 8.17. The molecule has 0 aliphatic carbocycles. The number of carbonyl (C=O) groups excluding carboxylic acids is 3. The highest BCUT2D eigenvalue weighted by Crippen LogP contribution is 2.29. The van der Waals surface area contributed by atoms with Gasteiger partial charge in [-0.05, 0) is 79.4 Å². The molecule has 27 heavy (non-hydrogen) atoms. The van der Waals surface area contributed by atoms with Crippen LogP contribution in [0.2, 0.25) is 0 Å². The molecule has 0 spiro atoms. The van der Waals surface area contributed by atoms with Crippen molar-refractivity contribution in [3.8, 4) is 5.75 Å². The van der Waals surface area contributed by atoms with E-state index < -0.39 is 17.8 Å². The number of imide groups is 2. The lowest BCUT2D eigenvalue weighted by Gasteiger charge is -2.27. The van der Waals surface area contributed by atoms with E-state index in [0.29, 0.717) is 27.9 Å². The first kappa shape index (κ1) is 18.8. The number of hydrogen-bond donors (Lipinski definition) is 2. The average molecular weight is 429 g/mol. The number of benzene rings is 2. The van der Waals surface area contributed by atoms with Gasteiger partial charge in [0.25, 0.3) is 11.8 Å². The lowest BCUT2D eigenvalue weighted by molar-refractivity contribution is -0.122. The Bertz CT molecular complexity index is 1000. The molecule has 1 aliphatic heterocycles. The largest absolute Gasteiger partial charge is 0.507 e. The van der Waals surface area contributed by atoms with Gasteiger partial charge in [0.15, 0.2) is 0 Å². The molecule has 2 aromatic carbocycles. The summed E-state index contributed by atoms with van der Waals surface area (Å²) in [5.74, 6) is -1.28. The molecule has 138 valence electrons. The standard InChI is InChI=1S/C20H17BrN2O4/c1-10-8-14(21)4-5-16(10)23-19(26)15(18(25)22-20(23)27)9-13-6-11(2)17(24)12(3)7-13/h4-9,24H,1-3H3,(H,22,25,27). The Morgan fingerprint density at radius 1 is 1.00 bits per heavy atom. The van der Waals surface area contributed by atoms with Gasteiger partial charge < -0.3 is 5.11 Å². The molecule has 0 aromatic heterocycles. The normalized spacial score (nSPS) is 16.1. The molecule has 6 nitrogen and oxygen atoms in total.